The summed E-state index contributed by atoms with van der Waals surface area (Å²) in [7, 11) is 0. The summed E-state index contributed by atoms with van der Waals surface area (Å²) in [5, 5.41) is 7.09. The van der Waals surface area contributed by atoms with Gasteiger partial charge in [0, 0.05) is 30.9 Å². The minimum Gasteiger partial charge on any atom is -0.480 e. The second-order valence-electron chi connectivity index (χ2n) is 6.30. The fourth-order valence-corrected chi connectivity index (χ4v) is 3.09. The van der Waals surface area contributed by atoms with Crippen molar-refractivity contribution >= 4 is 5.91 Å². The van der Waals surface area contributed by atoms with Crippen molar-refractivity contribution in [2.45, 2.75) is 25.6 Å². The van der Waals surface area contributed by atoms with Gasteiger partial charge in [-0.15, -0.1) is 0 Å². The number of amides is 1. The summed E-state index contributed by atoms with van der Waals surface area (Å²) in [5.41, 5.74) is 2.84. The van der Waals surface area contributed by atoms with E-state index < -0.39 is 6.10 Å². The Kier molecular flexibility index (Phi) is 4.39. The Hall–Kier alpha value is -3.15. The number of aromatic nitrogens is 2. The van der Waals surface area contributed by atoms with Crippen LogP contribution in [0.5, 0.6) is 5.75 Å². The average Bonchev–Trinajstić information content (AvgIpc) is 3.29. The molecule has 2 aromatic carbocycles. The summed E-state index contributed by atoms with van der Waals surface area (Å²) in [6, 6.07) is 14.2. The van der Waals surface area contributed by atoms with Crippen LogP contribution in [0.2, 0.25) is 0 Å². The third-order valence-corrected chi connectivity index (χ3v) is 4.35. The van der Waals surface area contributed by atoms with Gasteiger partial charge in [-0.25, -0.2) is 4.39 Å². The van der Waals surface area contributed by atoms with Gasteiger partial charge in [0.1, 0.15) is 11.6 Å². The van der Waals surface area contributed by atoms with Gasteiger partial charge in [0.25, 0.3) is 5.91 Å². The summed E-state index contributed by atoms with van der Waals surface area (Å²) >= 11 is 0. The lowest BCUT2D eigenvalue weighted by atomic mass is 10.1. The molecule has 1 aliphatic heterocycles. The number of carbonyl (C=O) groups is 1. The van der Waals surface area contributed by atoms with Crippen molar-refractivity contribution in [2.24, 2.45) is 0 Å². The molecule has 1 unspecified atom stereocenters. The highest BCUT2D eigenvalue weighted by Gasteiger charge is 2.29. The van der Waals surface area contributed by atoms with E-state index in [1.165, 1.54) is 12.1 Å². The number of ether oxygens (including phenoxy) is 1. The largest absolute Gasteiger partial charge is 0.480 e. The number of nitrogens with zero attached hydrogens (tertiary/aromatic N) is 2. The van der Waals surface area contributed by atoms with E-state index in [0.717, 1.165) is 16.7 Å². The molecule has 0 radical (unpaired) electrons. The van der Waals surface area contributed by atoms with Crippen molar-refractivity contribution in [2.75, 3.05) is 0 Å². The molecule has 0 bridgehead atoms. The molecule has 0 saturated carbocycles. The zero-order valence-corrected chi connectivity index (χ0v) is 14.1. The molecule has 1 aliphatic rings. The van der Waals surface area contributed by atoms with Crippen molar-refractivity contribution < 1.29 is 13.9 Å². The number of fused-ring (bicyclic) bond motifs is 1. The van der Waals surface area contributed by atoms with Crippen molar-refractivity contribution in [1.29, 1.82) is 0 Å². The van der Waals surface area contributed by atoms with E-state index in [2.05, 4.69) is 10.4 Å². The molecule has 1 N–H and O–H groups in total. The highest BCUT2D eigenvalue weighted by atomic mass is 19.1. The number of carbonyl (C=O) groups excluding carboxylic acids is 1. The first-order chi connectivity index (χ1) is 12.7. The van der Waals surface area contributed by atoms with Crippen molar-refractivity contribution in [3.63, 3.8) is 0 Å². The van der Waals surface area contributed by atoms with E-state index >= 15 is 0 Å². The summed E-state index contributed by atoms with van der Waals surface area (Å²) in [6.07, 6.45) is 3.43. The normalized spacial score (nSPS) is 15.3. The van der Waals surface area contributed by atoms with Crippen LogP contribution < -0.4 is 10.1 Å². The summed E-state index contributed by atoms with van der Waals surface area (Å²) in [5.74, 6) is 0.0641. The SMILES string of the molecule is O=C(NCc1cccc(Cn2cccn2)c1)C1Cc2cc(F)ccc2O1. The molecule has 26 heavy (non-hydrogen) atoms. The second kappa shape index (κ2) is 7.00. The number of nitrogens with one attached hydrogen (secondary N) is 1. The van der Waals surface area contributed by atoms with Crippen LogP contribution in [0.25, 0.3) is 0 Å². The van der Waals surface area contributed by atoms with Crippen molar-refractivity contribution in [3.8, 4) is 5.75 Å². The first kappa shape index (κ1) is 16.3. The predicted molar refractivity (Wildman–Crippen MR) is 94.1 cm³/mol. The van der Waals surface area contributed by atoms with Gasteiger partial charge in [-0.1, -0.05) is 24.3 Å². The molecule has 6 heteroatoms. The van der Waals surface area contributed by atoms with Crippen LogP contribution >= 0.6 is 0 Å². The molecule has 132 valence electrons. The second-order valence-corrected chi connectivity index (χ2v) is 6.30. The van der Waals surface area contributed by atoms with Crippen LogP contribution in [-0.2, 0) is 24.3 Å². The Morgan fingerprint density at radius 1 is 1.23 bits per heavy atom. The van der Waals surface area contributed by atoms with Crippen LogP contribution in [0.15, 0.2) is 60.9 Å². The lowest BCUT2D eigenvalue weighted by molar-refractivity contribution is -0.127. The van der Waals surface area contributed by atoms with E-state index in [9.17, 15) is 9.18 Å². The van der Waals surface area contributed by atoms with Crippen LogP contribution in [0.4, 0.5) is 4.39 Å². The van der Waals surface area contributed by atoms with E-state index in [-0.39, 0.29) is 11.7 Å². The predicted octanol–water partition coefficient (Wildman–Crippen LogP) is 2.69. The van der Waals surface area contributed by atoms with E-state index in [1.807, 2.05) is 41.2 Å². The molecule has 0 fully saturated rings. The fraction of sp³-hybridized carbons (Fsp3) is 0.200. The molecule has 2 heterocycles. The summed E-state index contributed by atoms with van der Waals surface area (Å²) < 4.78 is 20.7. The van der Waals surface area contributed by atoms with Gasteiger partial charge < -0.3 is 10.1 Å². The lowest BCUT2D eigenvalue weighted by Crippen LogP contribution is -2.37. The van der Waals surface area contributed by atoms with E-state index in [4.69, 9.17) is 4.74 Å². The number of hydrogen-bond donors (Lipinski definition) is 1. The fourth-order valence-electron chi connectivity index (χ4n) is 3.09. The first-order valence-electron chi connectivity index (χ1n) is 8.45. The molecule has 5 nitrogen and oxygen atoms in total. The monoisotopic (exact) mass is 351 g/mol. The van der Waals surface area contributed by atoms with Gasteiger partial charge in [0.2, 0.25) is 0 Å². The molecule has 0 spiro atoms. The number of halogens is 1. The Bertz CT molecular complexity index is 925. The summed E-state index contributed by atoms with van der Waals surface area (Å²) in [4.78, 5) is 12.4. The molecular formula is C20H18FN3O2. The van der Waals surface area contributed by atoms with Crippen LogP contribution in [0.1, 0.15) is 16.7 Å². The van der Waals surface area contributed by atoms with E-state index in [0.29, 0.717) is 25.3 Å². The highest BCUT2D eigenvalue weighted by Crippen LogP contribution is 2.29. The van der Waals surface area contributed by atoms with Gasteiger partial charge in [-0.2, -0.15) is 5.10 Å². The maximum absolute atomic E-state index is 13.3. The number of benzene rings is 2. The smallest absolute Gasteiger partial charge is 0.261 e. The maximum Gasteiger partial charge on any atom is 0.261 e. The average molecular weight is 351 g/mol. The minimum absolute atomic E-state index is 0.195. The van der Waals surface area contributed by atoms with Crippen LogP contribution in [-0.4, -0.2) is 21.8 Å². The molecule has 3 aromatic rings. The highest BCUT2D eigenvalue weighted by molar-refractivity contribution is 5.82. The van der Waals surface area contributed by atoms with Crippen molar-refractivity contribution in [1.82, 2.24) is 15.1 Å². The van der Waals surface area contributed by atoms with Gasteiger partial charge >= 0.3 is 0 Å². The Morgan fingerprint density at radius 2 is 2.12 bits per heavy atom. The zero-order valence-electron chi connectivity index (χ0n) is 14.1. The minimum atomic E-state index is -0.612. The third-order valence-electron chi connectivity index (χ3n) is 4.35. The van der Waals surface area contributed by atoms with Gasteiger partial charge in [0.05, 0.1) is 6.54 Å². The van der Waals surface area contributed by atoms with E-state index in [1.54, 1.807) is 12.3 Å². The molecule has 0 aliphatic carbocycles. The molecule has 0 saturated heterocycles. The molecule has 1 aromatic heterocycles. The number of rotatable bonds is 5. The van der Waals surface area contributed by atoms with Gasteiger partial charge in [0.15, 0.2) is 6.10 Å². The van der Waals surface area contributed by atoms with Crippen LogP contribution in [0, 0.1) is 5.82 Å². The molecule has 1 atom stereocenters. The quantitative estimate of drug-likeness (QED) is 0.769. The Labute approximate surface area is 150 Å². The van der Waals surface area contributed by atoms with Gasteiger partial charge in [-0.05, 0) is 35.4 Å². The summed E-state index contributed by atoms with van der Waals surface area (Å²) in [6.45, 7) is 1.09. The Morgan fingerprint density at radius 3 is 2.96 bits per heavy atom. The third kappa shape index (κ3) is 3.59. The molecular weight excluding hydrogens is 333 g/mol. The lowest BCUT2D eigenvalue weighted by Gasteiger charge is -2.12. The number of hydrogen-bond acceptors (Lipinski definition) is 3. The standard InChI is InChI=1S/C20H18FN3O2/c21-17-5-6-18-16(10-17)11-19(26-18)20(25)22-12-14-3-1-4-15(9-14)13-24-8-2-7-23-24/h1-10,19H,11-13H2,(H,22,25). The van der Waals surface area contributed by atoms with Crippen molar-refractivity contribution in [3.05, 3.63) is 83.4 Å². The maximum atomic E-state index is 13.3. The first-order valence-corrected chi connectivity index (χ1v) is 8.45. The van der Waals surface area contributed by atoms with Gasteiger partial charge in [-0.3, -0.25) is 9.48 Å². The van der Waals surface area contributed by atoms with Crippen LogP contribution in [0.3, 0.4) is 0 Å². The Balaban J connectivity index is 1.35. The molecule has 4 rings (SSSR count). The molecule has 1 amide bonds. The zero-order chi connectivity index (χ0) is 17.9. The topological polar surface area (TPSA) is 56.2 Å².